The van der Waals surface area contributed by atoms with E-state index >= 15 is 0 Å². The minimum Gasteiger partial charge on any atom is -0.364 e. The predicted molar refractivity (Wildman–Crippen MR) is 78.7 cm³/mol. The first-order valence-electron chi connectivity index (χ1n) is 6.67. The van der Waals surface area contributed by atoms with Gasteiger partial charge in [-0.05, 0) is 13.8 Å². The van der Waals surface area contributed by atoms with Crippen LogP contribution in [0.3, 0.4) is 0 Å². The number of hydrogen-bond acceptors (Lipinski definition) is 6. The van der Waals surface area contributed by atoms with Crippen molar-refractivity contribution in [3.8, 4) is 0 Å². The molecule has 0 spiro atoms. The lowest BCUT2D eigenvalue weighted by Gasteiger charge is -2.06. The Balaban J connectivity index is 2.14. The summed E-state index contributed by atoms with van der Waals surface area (Å²) in [5.74, 6) is -1.23. The zero-order valence-corrected chi connectivity index (χ0v) is 12.5. The molecule has 122 valence electrons. The molecule has 2 amide bonds. The molecule has 3 N–H and O–H groups in total. The lowest BCUT2D eigenvalue weighted by Crippen LogP contribution is -2.23. The van der Waals surface area contributed by atoms with Crippen LogP contribution in [0.2, 0.25) is 0 Å². The largest absolute Gasteiger partial charge is 0.364 e. The molecule has 0 saturated heterocycles. The van der Waals surface area contributed by atoms with Crippen LogP contribution >= 0.6 is 0 Å². The summed E-state index contributed by atoms with van der Waals surface area (Å²) in [5, 5.41) is 21.1. The van der Waals surface area contributed by atoms with Gasteiger partial charge in [0, 0.05) is 6.54 Å². The zero-order valence-electron chi connectivity index (χ0n) is 12.5. The summed E-state index contributed by atoms with van der Waals surface area (Å²) in [5.41, 5.74) is 5.58. The maximum atomic E-state index is 12.0. The second kappa shape index (κ2) is 6.25. The van der Waals surface area contributed by atoms with E-state index in [1.807, 2.05) is 0 Å². The van der Waals surface area contributed by atoms with E-state index in [9.17, 15) is 19.7 Å². The molecule has 0 aliphatic rings. The summed E-state index contributed by atoms with van der Waals surface area (Å²) < 4.78 is 2.51. The van der Waals surface area contributed by atoms with Crippen LogP contribution < -0.4 is 11.1 Å². The molecule has 0 unspecified atom stereocenters. The van der Waals surface area contributed by atoms with Gasteiger partial charge in [0.25, 0.3) is 5.91 Å². The van der Waals surface area contributed by atoms with Gasteiger partial charge in [0.15, 0.2) is 0 Å². The molecule has 2 aromatic heterocycles. The number of anilines is 1. The average Bonchev–Trinajstić information content (AvgIpc) is 3.02. The number of aryl methyl sites for hydroxylation is 2. The molecule has 0 atom stereocenters. The van der Waals surface area contributed by atoms with E-state index in [-0.39, 0.29) is 29.3 Å². The molecule has 0 aliphatic carbocycles. The number of carbonyl (C=O) groups is 2. The third kappa shape index (κ3) is 3.33. The van der Waals surface area contributed by atoms with Gasteiger partial charge in [-0.25, -0.2) is 0 Å². The van der Waals surface area contributed by atoms with Crippen molar-refractivity contribution in [2.24, 2.45) is 5.73 Å². The van der Waals surface area contributed by atoms with Crippen LogP contribution in [0.5, 0.6) is 0 Å². The van der Waals surface area contributed by atoms with E-state index in [0.717, 1.165) is 4.68 Å². The minimum atomic E-state index is -0.717. The third-order valence-corrected chi connectivity index (χ3v) is 3.07. The van der Waals surface area contributed by atoms with Crippen LogP contribution in [0.25, 0.3) is 0 Å². The van der Waals surface area contributed by atoms with Gasteiger partial charge in [-0.1, -0.05) is 0 Å². The van der Waals surface area contributed by atoms with Crippen molar-refractivity contribution < 1.29 is 14.5 Å². The van der Waals surface area contributed by atoms with Crippen LogP contribution in [0.15, 0.2) is 12.4 Å². The Morgan fingerprint density at radius 2 is 2.17 bits per heavy atom. The minimum absolute atomic E-state index is 0.0866. The molecule has 0 fully saturated rings. The third-order valence-electron chi connectivity index (χ3n) is 3.07. The Morgan fingerprint density at radius 1 is 1.48 bits per heavy atom. The molecule has 11 nitrogen and oxygen atoms in total. The second-order valence-electron chi connectivity index (χ2n) is 4.69. The van der Waals surface area contributed by atoms with E-state index in [1.165, 1.54) is 24.0 Å². The van der Waals surface area contributed by atoms with Gasteiger partial charge < -0.3 is 11.1 Å². The first kappa shape index (κ1) is 16.1. The summed E-state index contributed by atoms with van der Waals surface area (Å²) in [4.78, 5) is 33.6. The van der Waals surface area contributed by atoms with Crippen molar-refractivity contribution in [2.45, 2.75) is 26.9 Å². The van der Waals surface area contributed by atoms with Gasteiger partial charge in [-0.3, -0.25) is 29.1 Å². The Morgan fingerprint density at radius 3 is 2.70 bits per heavy atom. The second-order valence-corrected chi connectivity index (χ2v) is 4.69. The van der Waals surface area contributed by atoms with Gasteiger partial charge in [-0.2, -0.15) is 10.2 Å². The zero-order chi connectivity index (χ0) is 17.1. The Bertz CT molecular complexity index is 776. The summed E-state index contributed by atoms with van der Waals surface area (Å²) in [6.45, 7) is 3.42. The molecule has 0 aliphatic heterocycles. The van der Waals surface area contributed by atoms with Crippen molar-refractivity contribution in [3.63, 3.8) is 0 Å². The fourth-order valence-electron chi connectivity index (χ4n) is 2.08. The Hall–Kier alpha value is -3.24. The maximum Gasteiger partial charge on any atom is 0.309 e. The van der Waals surface area contributed by atoms with E-state index in [4.69, 9.17) is 5.73 Å². The van der Waals surface area contributed by atoms with E-state index < -0.39 is 16.7 Å². The van der Waals surface area contributed by atoms with Crippen LogP contribution in [-0.2, 0) is 17.9 Å². The standard InChI is InChI=1S/C12H15N7O4/c1-3-18-11(12(13)21)8(4-14-18)15-10(20)6-17-5-9(19(22)23)7(2)16-17/h4-5H,3,6H2,1-2H3,(H2,13,21)(H,15,20). The van der Waals surface area contributed by atoms with Gasteiger partial charge in [-0.15, -0.1) is 0 Å². The fraction of sp³-hybridized carbons (Fsp3) is 0.333. The van der Waals surface area contributed by atoms with Crippen LogP contribution in [0.1, 0.15) is 23.1 Å². The average molecular weight is 321 g/mol. The van der Waals surface area contributed by atoms with E-state index in [2.05, 4.69) is 15.5 Å². The Kier molecular flexibility index (Phi) is 4.39. The number of primary amides is 1. The first-order chi connectivity index (χ1) is 10.8. The molecule has 2 heterocycles. The molecule has 0 aromatic carbocycles. The van der Waals surface area contributed by atoms with Crippen molar-refractivity contribution in [3.05, 3.63) is 33.9 Å². The number of nitrogens with one attached hydrogen (secondary N) is 1. The Labute approximate surface area is 130 Å². The number of carbonyl (C=O) groups excluding carboxylic acids is 2. The topological polar surface area (TPSA) is 151 Å². The molecule has 2 rings (SSSR count). The summed E-state index contributed by atoms with van der Waals surface area (Å²) in [6, 6.07) is 0. The van der Waals surface area contributed by atoms with Gasteiger partial charge in [0.05, 0.1) is 16.8 Å². The van der Waals surface area contributed by atoms with Gasteiger partial charge in [0.2, 0.25) is 5.91 Å². The predicted octanol–water partition coefficient (Wildman–Crippen LogP) is 0.0537. The first-order valence-corrected chi connectivity index (χ1v) is 6.67. The highest BCUT2D eigenvalue weighted by atomic mass is 16.6. The van der Waals surface area contributed by atoms with E-state index in [1.54, 1.807) is 6.92 Å². The normalized spacial score (nSPS) is 10.5. The quantitative estimate of drug-likeness (QED) is 0.566. The molecule has 23 heavy (non-hydrogen) atoms. The van der Waals surface area contributed by atoms with Gasteiger partial charge in [0.1, 0.15) is 24.1 Å². The maximum absolute atomic E-state index is 12.0. The molecule has 0 radical (unpaired) electrons. The number of nitrogens with two attached hydrogens (primary N) is 1. The fourth-order valence-corrected chi connectivity index (χ4v) is 2.08. The van der Waals surface area contributed by atoms with Crippen molar-refractivity contribution in [1.82, 2.24) is 19.6 Å². The molecule has 0 saturated carbocycles. The summed E-state index contributed by atoms with van der Waals surface area (Å²) in [6.07, 6.45) is 2.48. The number of amides is 2. The molecular formula is C12H15N7O4. The number of hydrogen-bond donors (Lipinski definition) is 2. The smallest absolute Gasteiger partial charge is 0.309 e. The number of rotatable bonds is 6. The highest BCUT2D eigenvalue weighted by molar-refractivity contribution is 6.01. The SMILES string of the molecule is CCn1ncc(NC(=O)Cn2cc([N+](=O)[O-])c(C)n2)c1C(N)=O. The molecule has 0 bridgehead atoms. The van der Waals surface area contributed by atoms with Crippen molar-refractivity contribution >= 4 is 23.2 Å². The molecule has 11 heteroatoms. The van der Waals surface area contributed by atoms with Crippen LogP contribution in [0, 0.1) is 17.0 Å². The lowest BCUT2D eigenvalue weighted by molar-refractivity contribution is -0.385. The monoisotopic (exact) mass is 321 g/mol. The highest BCUT2D eigenvalue weighted by Crippen LogP contribution is 2.16. The molecular weight excluding hydrogens is 306 g/mol. The lowest BCUT2D eigenvalue weighted by atomic mass is 10.3. The number of aromatic nitrogens is 4. The number of nitro groups is 1. The van der Waals surface area contributed by atoms with Crippen LogP contribution in [-0.4, -0.2) is 36.3 Å². The van der Waals surface area contributed by atoms with Crippen molar-refractivity contribution in [2.75, 3.05) is 5.32 Å². The summed E-state index contributed by atoms with van der Waals surface area (Å²) in [7, 11) is 0. The van der Waals surface area contributed by atoms with E-state index in [0.29, 0.717) is 6.54 Å². The van der Waals surface area contributed by atoms with Crippen molar-refractivity contribution in [1.29, 1.82) is 0 Å². The van der Waals surface area contributed by atoms with Gasteiger partial charge >= 0.3 is 5.69 Å². The molecule has 2 aromatic rings. The van der Waals surface area contributed by atoms with Crippen LogP contribution in [0.4, 0.5) is 11.4 Å². The number of nitrogens with zero attached hydrogens (tertiary/aromatic N) is 5. The highest BCUT2D eigenvalue weighted by Gasteiger charge is 2.19. The summed E-state index contributed by atoms with van der Waals surface area (Å²) >= 11 is 0.